The fourth-order valence-electron chi connectivity index (χ4n) is 3.85. The van der Waals surface area contributed by atoms with E-state index in [4.69, 9.17) is 0 Å². The standard InChI is InChI=1S/C17H32N2O/c1-4-6-9-19(13(3)5-2)17(20)12-14-10-15-7-8-16(11-14)18-15/h13-16,18H,4-12H2,1-3H3. The van der Waals surface area contributed by atoms with Gasteiger partial charge in [-0.15, -0.1) is 0 Å². The van der Waals surface area contributed by atoms with E-state index < -0.39 is 0 Å². The highest BCUT2D eigenvalue weighted by molar-refractivity contribution is 5.76. The fourth-order valence-corrected chi connectivity index (χ4v) is 3.85. The van der Waals surface area contributed by atoms with Crippen LogP contribution in [0.3, 0.4) is 0 Å². The average Bonchev–Trinajstić information content (AvgIpc) is 2.78. The Morgan fingerprint density at radius 3 is 2.45 bits per heavy atom. The molecule has 1 amide bonds. The zero-order chi connectivity index (χ0) is 14.5. The molecule has 2 saturated heterocycles. The molecule has 20 heavy (non-hydrogen) atoms. The van der Waals surface area contributed by atoms with Crippen LogP contribution in [0.1, 0.15) is 72.1 Å². The second-order valence-electron chi connectivity index (χ2n) is 6.88. The molecule has 2 rings (SSSR count). The SMILES string of the molecule is CCCCN(C(=O)CC1CC2CCC(C1)N2)C(C)CC. The minimum atomic E-state index is 0.396. The molecule has 1 N–H and O–H groups in total. The molecule has 116 valence electrons. The van der Waals surface area contributed by atoms with Crippen LogP contribution in [0.25, 0.3) is 0 Å². The third kappa shape index (κ3) is 3.97. The van der Waals surface area contributed by atoms with Crippen molar-refractivity contribution in [3.05, 3.63) is 0 Å². The van der Waals surface area contributed by atoms with Crippen LogP contribution in [0, 0.1) is 5.92 Å². The first-order valence-corrected chi connectivity index (χ1v) is 8.69. The van der Waals surface area contributed by atoms with Gasteiger partial charge < -0.3 is 10.2 Å². The molecular formula is C17H32N2O. The summed E-state index contributed by atoms with van der Waals surface area (Å²) in [6.07, 6.45) is 9.20. The summed E-state index contributed by atoms with van der Waals surface area (Å²) in [7, 11) is 0. The molecule has 2 heterocycles. The number of nitrogens with one attached hydrogen (secondary N) is 1. The lowest BCUT2D eigenvalue weighted by Gasteiger charge is -2.33. The van der Waals surface area contributed by atoms with Gasteiger partial charge in [0.1, 0.15) is 0 Å². The number of hydrogen-bond donors (Lipinski definition) is 1. The summed E-state index contributed by atoms with van der Waals surface area (Å²) < 4.78 is 0. The largest absolute Gasteiger partial charge is 0.340 e. The van der Waals surface area contributed by atoms with Crippen molar-refractivity contribution in [1.29, 1.82) is 0 Å². The lowest BCUT2D eigenvalue weighted by atomic mass is 9.89. The molecule has 0 saturated carbocycles. The number of unbranched alkanes of at least 4 members (excludes halogenated alkanes) is 1. The van der Waals surface area contributed by atoms with E-state index in [9.17, 15) is 4.79 Å². The zero-order valence-electron chi connectivity index (χ0n) is 13.5. The van der Waals surface area contributed by atoms with Gasteiger partial charge in [-0.2, -0.15) is 0 Å². The van der Waals surface area contributed by atoms with Crippen molar-refractivity contribution in [3.8, 4) is 0 Å². The third-order valence-electron chi connectivity index (χ3n) is 5.23. The maximum absolute atomic E-state index is 12.7. The van der Waals surface area contributed by atoms with E-state index in [1.165, 1.54) is 25.7 Å². The van der Waals surface area contributed by atoms with Gasteiger partial charge in [0.15, 0.2) is 0 Å². The second-order valence-corrected chi connectivity index (χ2v) is 6.88. The monoisotopic (exact) mass is 280 g/mol. The smallest absolute Gasteiger partial charge is 0.223 e. The van der Waals surface area contributed by atoms with Crippen LogP contribution in [-0.4, -0.2) is 35.5 Å². The Morgan fingerprint density at radius 2 is 1.90 bits per heavy atom. The molecule has 0 aromatic heterocycles. The van der Waals surface area contributed by atoms with Gasteiger partial charge >= 0.3 is 0 Å². The van der Waals surface area contributed by atoms with Crippen LogP contribution in [0.15, 0.2) is 0 Å². The number of piperidine rings is 1. The van der Waals surface area contributed by atoms with E-state index in [-0.39, 0.29) is 0 Å². The molecule has 2 fully saturated rings. The molecule has 3 unspecified atom stereocenters. The second kappa shape index (κ2) is 7.44. The van der Waals surface area contributed by atoms with Crippen LogP contribution in [0.2, 0.25) is 0 Å². The number of carbonyl (C=O) groups excluding carboxylic acids is 1. The van der Waals surface area contributed by atoms with Gasteiger partial charge in [-0.3, -0.25) is 4.79 Å². The number of hydrogen-bond acceptors (Lipinski definition) is 2. The molecule has 0 spiro atoms. The zero-order valence-corrected chi connectivity index (χ0v) is 13.5. The van der Waals surface area contributed by atoms with E-state index in [2.05, 4.69) is 31.0 Å². The molecule has 2 aliphatic heterocycles. The number of nitrogens with zero attached hydrogens (tertiary/aromatic N) is 1. The summed E-state index contributed by atoms with van der Waals surface area (Å²) in [5.41, 5.74) is 0. The first-order valence-electron chi connectivity index (χ1n) is 8.69. The predicted molar refractivity (Wildman–Crippen MR) is 83.7 cm³/mol. The van der Waals surface area contributed by atoms with Crippen molar-refractivity contribution in [2.24, 2.45) is 5.92 Å². The Balaban J connectivity index is 1.87. The van der Waals surface area contributed by atoms with E-state index in [1.807, 2.05) is 0 Å². The van der Waals surface area contributed by atoms with E-state index in [0.717, 1.165) is 32.2 Å². The maximum atomic E-state index is 12.7. The van der Waals surface area contributed by atoms with E-state index >= 15 is 0 Å². The highest BCUT2D eigenvalue weighted by Gasteiger charge is 2.35. The van der Waals surface area contributed by atoms with Gasteiger partial charge in [0.05, 0.1) is 0 Å². The Labute approximate surface area is 124 Å². The molecule has 2 aliphatic rings. The van der Waals surface area contributed by atoms with Crippen LogP contribution >= 0.6 is 0 Å². The molecule has 0 aromatic carbocycles. The van der Waals surface area contributed by atoms with Crippen molar-refractivity contribution in [2.75, 3.05) is 6.54 Å². The van der Waals surface area contributed by atoms with Gasteiger partial charge in [0, 0.05) is 31.1 Å². The summed E-state index contributed by atoms with van der Waals surface area (Å²) in [4.78, 5) is 14.8. The molecule has 0 aliphatic carbocycles. The Morgan fingerprint density at radius 1 is 1.25 bits per heavy atom. The first kappa shape index (κ1) is 15.8. The molecular weight excluding hydrogens is 248 g/mol. The lowest BCUT2D eigenvalue weighted by molar-refractivity contribution is -0.134. The number of amides is 1. The predicted octanol–water partition coefficient (Wildman–Crippen LogP) is 3.33. The maximum Gasteiger partial charge on any atom is 0.223 e. The van der Waals surface area contributed by atoms with Crippen molar-refractivity contribution in [2.45, 2.75) is 90.3 Å². The molecule has 3 atom stereocenters. The van der Waals surface area contributed by atoms with Gasteiger partial charge in [-0.25, -0.2) is 0 Å². The quantitative estimate of drug-likeness (QED) is 0.776. The molecule has 0 radical (unpaired) electrons. The molecule has 2 bridgehead atoms. The summed E-state index contributed by atoms with van der Waals surface area (Å²) >= 11 is 0. The molecule has 0 aromatic rings. The fraction of sp³-hybridized carbons (Fsp3) is 0.941. The minimum absolute atomic E-state index is 0.396. The average molecular weight is 280 g/mol. The van der Waals surface area contributed by atoms with Crippen molar-refractivity contribution >= 4 is 5.91 Å². The highest BCUT2D eigenvalue weighted by Crippen LogP contribution is 2.33. The van der Waals surface area contributed by atoms with Gasteiger partial charge in [-0.05, 0) is 51.4 Å². The Kier molecular flexibility index (Phi) is 5.88. The third-order valence-corrected chi connectivity index (χ3v) is 5.23. The number of carbonyl (C=O) groups is 1. The topological polar surface area (TPSA) is 32.3 Å². The van der Waals surface area contributed by atoms with Crippen molar-refractivity contribution in [1.82, 2.24) is 10.2 Å². The van der Waals surface area contributed by atoms with Gasteiger partial charge in [0.2, 0.25) is 5.91 Å². The normalized spacial score (nSPS) is 30.2. The lowest BCUT2D eigenvalue weighted by Crippen LogP contribution is -2.43. The minimum Gasteiger partial charge on any atom is -0.340 e. The number of fused-ring (bicyclic) bond motifs is 2. The molecule has 3 nitrogen and oxygen atoms in total. The van der Waals surface area contributed by atoms with Crippen LogP contribution in [0.5, 0.6) is 0 Å². The van der Waals surface area contributed by atoms with Crippen LogP contribution < -0.4 is 5.32 Å². The van der Waals surface area contributed by atoms with Crippen LogP contribution in [0.4, 0.5) is 0 Å². The van der Waals surface area contributed by atoms with Gasteiger partial charge in [-0.1, -0.05) is 20.3 Å². The first-order chi connectivity index (χ1) is 9.63. The number of rotatable bonds is 7. The highest BCUT2D eigenvalue weighted by atomic mass is 16.2. The Bertz CT molecular complexity index is 306. The summed E-state index contributed by atoms with van der Waals surface area (Å²) in [6, 6.07) is 1.78. The Hall–Kier alpha value is -0.570. The van der Waals surface area contributed by atoms with Crippen LogP contribution in [-0.2, 0) is 4.79 Å². The van der Waals surface area contributed by atoms with E-state index in [0.29, 0.717) is 30.0 Å². The summed E-state index contributed by atoms with van der Waals surface area (Å²) in [5.74, 6) is 1.02. The van der Waals surface area contributed by atoms with Crippen molar-refractivity contribution in [3.63, 3.8) is 0 Å². The molecule has 3 heteroatoms. The summed E-state index contributed by atoms with van der Waals surface area (Å²) in [5, 5.41) is 3.67. The van der Waals surface area contributed by atoms with Gasteiger partial charge in [0.25, 0.3) is 0 Å². The summed E-state index contributed by atoms with van der Waals surface area (Å²) in [6.45, 7) is 7.52. The van der Waals surface area contributed by atoms with Crippen molar-refractivity contribution < 1.29 is 4.79 Å². The van der Waals surface area contributed by atoms with E-state index in [1.54, 1.807) is 0 Å².